The van der Waals surface area contributed by atoms with Crippen LogP contribution in [0.2, 0.25) is 0 Å². The summed E-state index contributed by atoms with van der Waals surface area (Å²) < 4.78 is 22.2. The molecule has 0 atom stereocenters. The molecule has 4 nitrogen and oxygen atoms in total. The van der Waals surface area contributed by atoms with Crippen molar-refractivity contribution in [2.24, 2.45) is 0 Å². The number of rotatable bonds is 8. The summed E-state index contributed by atoms with van der Waals surface area (Å²) in [4.78, 5) is 2.63. The van der Waals surface area contributed by atoms with Crippen LogP contribution in [0.15, 0.2) is 388 Å². The van der Waals surface area contributed by atoms with Crippen LogP contribution in [0.4, 0.5) is 17.1 Å². The standard InChI is InChI=1S/C104H64BNO3/c1-4-27-65(28-5-1)68-51-55-93-91(61-68)105-92-62-71(75-35-12-10-33-73(75)66-29-6-2-7-30-66)54-58-99(92)109-100-64-72(76-36-13-11-34-74(76)67-31-8-3-9-32-67)63-94(101(100)105)106(93)102-77(69-52-56-97-89(59-69)103(87-47-22-24-49-95(87)107-97)83-43-18-14-37-79(83)80-38-15-19-44-84(80)103)41-26-42-78(102)70-53-57-98-90(60-70)104(88-48-23-25-50-96(88)108-98)85-45-20-16-39-81(85)82-40-17-21-46-86(82)104/h1-64H. The molecule has 109 heavy (non-hydrogen) atoms. The van der Waals surface area contributed by atoms with Crippen LogP contribution in [0.25, 0.3) is 100 Å². The van der Waals surface area contributed by atoms with Crippen LogP contribution in [-0.4, -0.2) is 6.71 Å². The third kappa shape index (κ3) is 8.84. The average molecular weight is 1390 g/mol. The minimum Gasteiger partial charge on any atom is -0.458 e. The maximum absolute atomic E-state index is 7.73. The van der Waals surface area contributed by atoms with Gasteiger partial charge in [-0.05, 0) is 188 Å². The molecule has 0 bridgehead atoms. The van der Waals surface area contributed by atoms with Gasteiger partial charge in [0.25, 0.3) is 6.71 Å². The molecule has 5 heteroatoms. The van der Waals surface area contributed by atoms with Crippen molar-refractivity contribution in [1.82, 2.24) is 0 Å². The molecule has 0 unspecified atom stereocenters. The van der Waals surface area contributed by atoms with Gasteiger partial charge in [-0.15, -0.1) is 0 Å². The lowest BCUT2D eigenvalue weighted by atomic mass is 9.34. The molecule has 6 aliphatic rings. The number of hydrogen-bond acceptors (Lipinski definition) is 4. The van der Waals surface area contributed by atoms with E-state index in [1.165, 1.54) is 50.1 Å². The molecule has 17 aromatic carbocycles. The Labute approximate surface area is 633 Å². The maximum atomic E-state index is 7.73. The summed E-state index contributed by atoms with van der Waals surface area (Å²) in [5.41, 5.74) is 34.6. The lowest BCUT2D eigenvalue weighted by Crippen LogP contribution is -2.59. The first-order valence-corrected chi connectivity index (χ1v) is 37.7. The summed E-state index contributed by atoms with van der Waals surface area (Å²) in [7, 11) is 0. The fourth-order valence-corrected chi connectivity index (χ4v) is 19.6. The highest BCUT2D eigenvalue weighted by molar-refractivity contribution is 6.99. The first-order valence-electron chi connectivity index (χ1n) is 37.7. The summed E-state index contributed by atoms with van der Waals surface area (Å²) in [5.74, 6) is 4.98. The molecule has 2 spiro atoms. The van der Waals surface area contributed by atoms with Gasteiger partial charge in [-0.3, -0.25) is 0 Å². The highest BCUT2D eigenvalue weighted by Gasteiger charge is 2.54. The molecular formula is C104H64BNO3. The minimum atomic E-state index is -0.731. The molecule has 23 rings (SSSR count). The van der Waals surface area contributed by atoms with Crippen molar-refractivity contribution in [3.63, 3.8) is 0 Å². The van der Waals surface area contributed by atoms with E-state index in [2.05, 4.69) is 393 Å². The van der Waals surface area contributed by atoms with Gasteiger partial charge < -0.3 is 19.1 Å². The highest BCUT2D eigenvalue weighted by atomic mass is 16.5. The summed E-state index contributed by atoms with van der Waals surface area (Å²) in [6.45, 7) is -0.298. The third-order valence-electron chi connectivity index (χ3n) is 24.1. The smallest absolute Gasteiger partial charge is 0.256 e. The van der Waals surface area contributed by atoms with Gasteiger partial charge in [0.05, 0.1) is 16.5 Å². The molecule has 2 aliphatic carbocycles. The molecule has 0 amide bonds. The van der Waals surface area contributed by atoms with Gasteiger partial charge in [0, 0.05) is 44.8 Å². The Bertz CT molecular complexity index is 6370. The van der Waals surface area contributed by atoms with Gasteiger partial charge in [-0.1, -0.05) is 328 Å². The molecule has 0 saturated heterocycles. The zero-order valence-corrected chi connectivity index (χ0v) is 59.2. The van der Waals surface area contributed by atoms with E-state index >= 15 is 0 Å². The zero-order valence-electron chi connectivity index (χ0n) is 59.2. The molecule has 0 radical (unpaired) electrons. The Hall–Kier alpha value is -14.0. The summed E-state index contributed by atoms with van der Waals surface area (Å²) in [5, 5.41) is 0. The van der Waals surface area contributed by atoms with E-state index in [0.29, 0.717) is 0 Å². The van der Waals surface area contributed by atoms with Gasteiger partial charge in [0.2, 0.25) is 0 Å². The van der Waals surface area contributed by atoms with Gasteiger partial charge in [0.1, 0.15) is 34.5 Å². The minimum absolute atomic E-state index is 0.298. The van der Waals surface area contributed by atoms with Crippen LogP contribution >= 0.6 is 0 Å². The fourth-order valence-electron chi connectivity index (χ4n) is 19.6. The number of fused-ring (bicyclic) bond motifs is 22. The molecule has 4 heterocycles. The maximum Gasteiger partial charge on any atom is 0.256 e. The molecular weight excluding hydrogens is 1320 g/mol. The molecule has 4 aliphatic heterocycles. The highest BCUT2D eigenvalue weighted by Crippen LogP contribution is 2.65. The van der Waals surface area contributed by atoms with Crippen molar-refractivity contribution in [1.29, 1.82) is 0 Å². The van der Waals surface area contributed by atoms with Crippen LogP contribution in [0.5, 0.6) is 34.5 Å². The number of anilines is 3. The number of ether oxygens (including phenoxy) is 3. The number of para-hydroxylation sites is 3. The number of benzene rings is 17. The Balaban J connectivity index is 0.838. The van der Waals surface area contributed by atoms with Crippen molar-refractivity contribution in [3.05, 3.63) is 433 Å². The van der Waals surface area contributed by atoms with E-state index in [1.807, 2.05) is 0 Å². The van der Waals surface area contributed by atoms with Crippen LogP contribution in [0.1, 0.15) is 44.5 Å². The first-order chi connectivity index (χ1) is 54.1. The Morgan fingerprint density at radius 2 is 0.541 bits per heavy atom. The lowest BCUT2D eigenvalue weighted by molar-refractivity contribution is 0.436. The predicted octanol–water partition coefficient (Wildman–Crippen LogP) is 24.7. The molecule has 0 aromatic heterocycles. The molecule has 17 aromatic rings. The second kappa shape index (κ2) is 23.8. The number of nitrogens with zero attached hydrogens (tertiary/aromatic N) is 1. The molecule has 0 fully saturated rings. The summed E-state index contributed by atoms with van der Waals surface area (Å²) in [6.07, 6.45) is 0. The Morgan fingerprint density at radius 1 is 0.193 bits per heavy atom. The largest absolute Gasteiger partial charge is 0.458 e. The molecule has 506 valence electrons. The van der Waals surface area contributed by atoms with Crippen LogP contribution in [0, 0.1) is 0 Å². The van der Waals surface area contributed by atoms with E-state index in [0.717, 1.165) is 163 Å². The third-order valence-corrected chi connectivity index (χ3v) is 24.1. The normalized spacial score (nSPS) is 13.8. The quantitative estimate of drug-likeness (QED) is 0.142. The van der Waals surface area contributed by atoms with Gasteiger partial charge >= 0.3 is 0 Å². The van der Waals surface area contributed by atoms with Gasteiger partial charge in [-0.25, -0.2) is 0 Å². The molecule has 0 saturated carbocycles. The van der Waals surface area contributed by atoms with Gasteiger partial charge in [0.15, 0.2) is 0 Å². The van der Waals surface area contributed by atoms with E-state index in [4.69, 9.17) is 14.2 Å². The average Bonchev–Trinajstić information content (AvgIpc) is 1.58. The lowest BCUT2D eigenvalue weighted by Gasteiger charge is -2.42. The topological polar surface area (TPSA) is 30.9 Å². The van der Waals surface area contributed by atoms with Crippen molar-refractivity contribution in [2.75, 3.05) is 4.90 Å². The Kier molecular flexibility index (Phi) is 13.4. The van der Waals surface area contributed by atoms with E-state index < -0.39 is 10.8 Å². The Morgan fingerprint density at radius 3 is 1.03 bits per heavy atom. The SMILES string of the molecule is c1ccc(-c2ccc3c(c2)B2c4cc(-c5ccccc5-c5ccccc5)ccc4Oc4cc(-c5ccccc5-c5ccccc5)cc(c42)N3c2c(-c3ccc4c(c3)C3(c5ccccc5O4)c4ccccc4-c4ccccc43)cccc2-c2ccc3c(c2)C2(c4ccccc4O3)c3ccccc3-c3ccccc32)cc1. The van der Waals surface area contributed by atoms with E-state index in [9.17, 15) is 0 Å². The second-order valence-electron chi connectivity index (χ2n) is 29.5. The predicted molar refractivity (Wildman–Crippen MR) is 445 cm³/mol. The molecule has 0 N–H and O–H groups in total. The van der Waals surface area contributed by atoms with Crippen LogP contribution < -0.4 is 35.5 Å². The van der Waals surface area contributed by atoms with Crippen molar-refractivity contribution < 1.29 is 14.2 Å². The fraction of sp³-hybridized carbons (Fsp3) is 0.0192. The second-order valence-corrected chi connectivity index (χ2v) is 29.5. The van der Waals surface area contributed by atoms with E-state index in [1.54, 1.807) is 0 Å². The van der Waals surface area contributed by atoms with Gasteiger partial charge in [-0.2, -0.15) is 0 Å². The van der Waals surface area contributed by atoms with Crippen molar-refractivity contribution in [3.8, 4) is 135 Å². The van der Waals surface area contributed by atoms with E-state index in [-0.39, 0.29) is 6.71 Å². The van der Waals surface area contributed by atoms with Crippen LogP contribution in [-0.2, 0) is 10.8 Å². The zero-order chi connectivity index (χ0) is 71.5. The summed E-state index contributed by atoms with van der Waals surface area (Å²) >= 11 is 0. The number of hydrogen-bond donors (Lipinski definition) is 0. The van der Waals surface area contributed by atoms with Crippen molar-refractivity contribution in [2.45, 2.75) is 10.8 Å². The van der Waals surface area contributed by atoms with Crippen LogP contribution in [0.3, 0.4) is 0 Å². The monoisotopic (exact) mass is 1390 g/mol. The summed E-state index contributed by atoms with van der Waals surface area (Å²) in [6, 6.07) is 144. The van der Waals surface area contributed by atoms with Crippen molar-refractivity contribution >= 4 is 40.2 Å². The first kappa shape index (κ1) is 61.3.